The quantitative estimate of drug-likeness (QED) is 0.104. The van der Waals surface area contributed by atoms with E-state index in [4.69, 9.17) is 39.5 Å². The Bertz CT molecular complexity index is 2000. The molecule has 0 saturated carbocycles. The monoisotopic (exact) mass is 814 g/mol. The molecule has 2 aromatic carbocycles. The van der Waals surface area contributed by atoms with Gasteiger partial charge in [0, 0.05) is 28.3 Å². The number of halogens is 1. The Morgan fingerprint density at radius 1 is 0.483 bits per heavy atom. The molecule has 5 heterocycles. The van der Waals surface area contributed by atoms with Gasteiger partial charge in [0.1, 0.15) is 12.4 Å². The van der Waals surface area contributed by atoms with E-state index in [-0.39, 0.29) is 45.0 Å². The lowest BCUT2D eigenvalue weighted by atomic mass is 9.49. The van der Waals surface area contributed by atoms with Crippen molar-refractivity contribution in [1.29, 1.82) is 0 Å². The second-order valence-electron chi connectivity index (χ2n) is 17.3. The predicted octanol–water partition coefficient (Wildman–Crippen LogP) is 8.52. The molecule has 2 aromatic heterocycles. The highest BCUT2D eigenvalue weighted by atomic mass is 35.5. The first-order chi connectivity index (χ1) is 26.7. The van der Waals surface area contributed by atoms with E-state index >= 15 is 0 Å². The molecule has 0 unspecified atom stereocenters. The Morgan fingerprint density at radius 2 is 0.793 bits per heavy atom. The van der Waals surface area contributed by atoms with Gasteiger partial charge < -0.3 is 27.9 Å². The average molecular weight is 815 g/mol. The first-order valence-electron chi connectivity index (χ1n) is 18.9. The molecule has 0 spiro atoms. The fourth-order valence-corrected chi connectivity index (χ4v) is 5.87. The molecule has 58 heavy (non-hydrogen) atoms. The largest absolute Gasteiger partial charge is 0.494 e. The third-order valence-corrected chi connectivity index (χ3v) is 11.8. The Hall–Kier alpha value is -4.22. The molecule has 18 heteroatoms. The van der Waals surface area contributed by atoms with Crippen LogP contribution in [0.4, 0.5) is 11.4 Å². The van der Waals surface area contributed by atoms with E-state index < -0.39 is 31.0 Å². The van der Waals surface area contributed by atoms with Crippen LogP contribution in [-0.4, -0.2) is 74.6 Å². The smallest absolute Gasteiger partial charge is 0.405 e. The van der Waals surface area contributed by atoms with E-state index in [1.165, 1.54) is 24.5 Å². The molecule has 0 bridgehead atoms. The highest BCUT2D eigenvalue weighted by Crippen LogP contribution is 2.43. The molecule has 0 amide bonds. The fraction of sp³-hybridized carbons (Fsp3) is 0.450. The first-order valence-corrected chi connectivity index (χ1v) is 19.3. The Labute approximate surface area is 346 Å². The van der Waals surface area contributed by atoms with Crippen LogP contribution in [0.5, 0.6) is 0 Å². The van der Waals surface area contributed by atoms with Crippen LogP contribution in [0.15, 0.2) is 85.2 Å². The van der Waals surface area contributed by atoms with Crippen molar-refractivity contribution in [3.63, 3.8) is 0 Å². The normalized spacial score (nSPS) is 20.4. The minimum Gasteiger partial charge on any atom is -0.405 e. The molecule has 0 N–H and O–H groups in total. The van der Waals surface area contributed by atoms with Crippen LogP contribution in [0.25, 0.3) is 22.5 Å². The number of aromatic nitrogens is 2. The van der Waals surface area contributed by atoms with Crippen molar-refractivity contribution in [3.8, 4) is 22.5 Å². The van der Waals surface area contributed by atoms with Crippen LogP contribution in [0.3, 0.4) is 0 Å². The van der Waals surface area contributed by atoms with Gasteiger partial charge in [-0.3, -0.25) is 20.2 Å². The molecule has 3 saturated heterocycles. The van der Waals surface area contributed by atoms with E-state index in [1.807, 2.05) is 119 Å². The molecule has 3 aliphatic heterocycles. The molecule has 306 valence electrons. The van der Waals surface area contributed by atoms with Crippen molar-refractivity contribution in [1.82, 2.24) is 9.97 Å². The summed E-state index contributed by atoms with van der Waals surface area (Å²) in [5.41, 5.74) is 1.81. The number of rotatable bonds is 6. The van der Waals surface area contributed by atoms with Crippen LogP contribution in [-0.2, 0) is 27.9 Å². The van der Waals surface area contributed by atoms with E-state index in [0.29, 0.717) is 16.4 Å². The summed E-state index contributed by atoms with van der Waals surface area (Å²) in [4.78, 5) is 28.3. The van der Waals surface area contributed by atoms with Gasteiger partial charge in [0.2, 0.25) is 0 Å². The number of hydrogen-bond donors (Lipinski definition) is 0. The fourth-order valence-electron chi connectivity index (χ4n) is 5.74. The number of nitrogens with zero attached hydrogens (tertiary/aromatic N) is 4. The van der Waals surface area contributed by atoms with Crippen molar-refractivity contribution >= 4 is 49.6 Å². The minimum absolute atomic E-state index is 0.0160. The lowest BCUT2D eigenvalue weighted by Gasteiger charge is -2.32. The van der Waals surface area contributed by atoms with Crippen LogP contribution >= 0.6 is 11.6 Å². The molecular weight excluding hydrogens is 764 g/mol. The molecule has 14 nitrogen and oxygen atoms in total. The number of pyridine rings is 2. The molecule has 0 aliphatic carbocycles. The minimum atomic E-state index is -0.476. The van der Waals surface area contributed by atoms with Gasteiger partial charge in [-0.2, -0.15) is 0 Å². The Balaban J connectivity index is 0.000000170. The summed E-state index contributed by atoms with van der Waals surface area (Å²) >= 11 is 5.76. The molecule has 0 radical (unpaired) electrons. The number of benzene rings is 2. The highest BCUT2D eigenvalue weighted by Gasteiger charge is 2.63. The van der Waals surface area contributed by atoms with Crippen LogP contribution in [0, 0.1) is 20.2 Å². The lowest BCUT2D eigenvalue weighted by Crippen LogP contribution is -2.41. The summed E-state index contributed by atoms with van der Waals surface area (Å²) in [7, 11) is -1.36. The van der Waals surface area contributed by atoms with Gasteiger partial charge in [0.05, 0.1) is 54.8 Å². The molecular formula is C40H50B3ClN4O10. The Morgan fingerprint density at radius 3 is 1.09 bits per heavy atom. The zero-order chi connectivity index (χ0) is 43.1. The summed E-state index contributed by atoms with van der Waals surface area (Å²) in [6, 6.07) is 20.9. The van der Waals surface area contributed by atoms with E-state index in [1.54, 1.807) is 24.3 Å². The zero-order valence-electron chi connectivity index (χ0n) is 35.1. The predicted molar refractivity (Wildman–Crippen MR) is 226 cm³/mol. The van der Waals surface area contributed by atoms with Gasteiger partial charge in [-0.25, -0.2) is 9.97 Å². The highest BCUT2D eigenvalue weighted by molar-refractivity contribution is 7.11. The summed E-state index contributed by atoms with van der Waals surface area (Å²) in [5.74, 6) is 0. The number of nitro groups is 2. The Kier molecular flexibility index (Phi) is 12.7. The maximum absolute atomic E-state index is 10.7. The van der Waals surface area contributed by atoms with Gasteiger partial charge in [0.25, 0.3) is 11.4 Å². The van der Waals surface area contributed by atoms with Gasteiger partial charge in [0.15, 0.2) is 0 Å². The van der Waals surface area contributed by atoms with Crippen molar-refractivity contribution in [3.05, 3.63) is 110 Å². The van der Waals surface area contributed by atoms with Crippen molar-refractivity contribution < 1.29 is 37.8 Å². The third-order valence-electron chi connectivity index (χ3n) is 11.6. The van der Waals surface area contributed by atoms with Crippen molar-refractivity contribution in [2.75, 3.05) is 0 Å². The van der Waals surface area contributed by atoms with E-state index in [0.717, 1.165) is 16.6 Å². The maximum Gasteiger partial charge on any atom is 0.494 e. The molecule has 0 atom stereocenters. The van der Waals surface area contributed by atoms with Gasteiger partial charge in [-0.05, 0) is 113 Å². The van der Waals surface area contributed by atoms with Gasteiger partial charge >= 0.3 is 21.1 Å². The van der Waals surface area contributed by atoms with Gasteiger partial charge in [-0.15, -0.1) is 0 Å². The standard InChI is InChI=1S/C17H19BN2O4.C12H24B2O4.C11H7ClN2O2/c1-16(2)17(3,4)24-18(23-16)13-7-5-12(6-8-13)15-10-9-14(11-19-15)20(21)22;1-9(2)10(3,4)16-13(15-9)14-17-11(5,6)12(7,8)18-14;12-9-3-1-8(2-4-9)11-6-5-10(7-13-11)14(15)16/h5-11H,1-4H3;1-8H3;1-7H. The summed E-state index contributed by atoms with van der Waals surface area (Å²) in [5, 5.41) is 21.8. The van der Waals surface area contributed by atoms with Crippen LogP contribution < -0.4 is 5.46 Å². The SMILES string of the molecule is CC1(C)OB(B2OC(C)(C)C(C)(C)O2)OC1(C)C.CC1(C)OB(c2ccc(-c3ccc([N+](=O)[O-])cn3)cc2)OC1(C)C.O=[N+]([O-])c1ccc(-c2ccc(Cl)cc2)nc1. The van der Waals surface area contributed by atoms with E-state index in [9.17, 15) is 20.2 Å². The molecule has 3 aliphatic rings. The summed E-state index contributed by atoms with van der Waals surface area (Å²) in [6.45, 7) is 24.3. The van der Waals surface area contributed by atoms with Crippen LogP contribution in [0.2, 0.25) is 5.02 Å². The van der Waals surface area contributed by atoms with Crippen molar-refractivity contribution in [2.24, 2.45) is 0 Å². The first kappa shape index (κ1) is 44.9. The zero-order valence-corrected chi connectivity index (χ0v) is 35.8. The third kappa shape index (κ3) is 9.79. The van der Waals surface area contributed by atoms with E-state index in [2.05, 4.69) is 9.97 Å². The second kappa shape index (κ2) is 16.4. The lowest BCUT2D eigenvalue weighted by molar-refractivity contribution is -0.385. The second-order valence-corrected chi connectivity index (χ2v) is 17.7. The topological polar surface area (TPSA) is 167 Å². The van der Waals surface area contributed by atoms with Crippen LogP contribution in [0.1, 0.15) is 83.1 Å². The summed E-state index contributed by atoms with van der Waals surface area (Å²) < 4.78 is 35.9. The summed E-state index contributed by atoms with van der Waals surface area (Å²) in [6.07, 6.45) is 2.50. The maximum atomic E-state index is 10.7. The molecule has 4 aromatic rings. The average Bonchev–Trinajstić information content (AvgIpc) is 3.62. The molecule has 3 fully saturated rings. The van der Waals surface area contributed by atoms with Crippen molar-refractivity contribution in [2.45, 2.75) is 117 Å². The molecule has 7 rings (SSSR count). The number of hydrogen-bond acceptors (Lipinski definition) is 12. The van der Waals surface area contributed by atoms with Gasteiger partial charge in [-0.1, -0.05) is 48.0 Å².